The van der Waals surface area contributed by atoms with Gasteiger partial charge >= 0.3 is 5.69 Å². The molecule has 0 aliphatic carbocycles. The van der Waals surface area contributed by atoms with Gasteiger partial charge in [0.15, 0.2) is 12.4 Å². The van der Waals surface area contributed by atoms with Crippen molar-refractivity contribution in [1.82, 2.24) is 9.55 Å². The van der Waals surface area contributed by atoms with Gasteiger partial charge in [-0.1, -0.05) is 22.6 Å². The van der Waals surface area contributed by atoms with Gasteiger partial charge in [-0.3, -0.25) is 14.3 Å². The molecule has 0 bridgehead atoms. The first-order chi connectivity index (χ1) is 9.49. The number of ether oxygens (including phenoxy) is 1. The Morgan fingerprint density at radius 2 is 2.25 bits per heavy atom. The maximum atomic E-state index is 13.9. The summed E-state index contributed by atoms with van der Waals surface area (Å²) in [5.41, 5.74) is -1.30. The first kappa shape index (κ1) is 15.4. The summed E-state index contributed by atoms with van der Waals surface area (Å²) in [4.78, 5) is 25.3. The molecule has 2 heterocycles. The molecule has 1 unspecified atom stereocenters. The van der Waals surface area contributed by atoms with Crippen molar-refractivity contribution in [2.75, 3.05) is 6.61 Å². The molecule has 2 rings (SSSR count). The van der Waals surface area contributed by atoms with E-state index in [1.165, 1.54) is 6.08 Å². The van der Waals surface area contributed by atoms with Crippen molar-refractivity contribution in [3.8, 4) is 0 Å². The standard InChI is InChI=1S/C11H12FIN2O5/c12-7-8(17)6(4-16)20-10(7)15-3-5(1-2-13)9(18)14-11(15)19/h1-3,6-8,10,16-17H,4H2,(H,14,18,19)/b2-1+/t6-,7-,8-,10?/m1/s1. The first-order valence-electron chi connectivity index (χ1n) is 5.70. The zero-order valence-electron chi connectivity index (χ0n) is 10.1. The number of alkyl halides is 1. The third-order valence-electron chi connectivity index (χ3n) is 2.99. The molecular weight excluding hydrogens is 386 g/mol. The Balaban J connectivity index is 2.46. The van der Waals surface area contributed by atoms with Crippen molar-refractivity contribution in [1.29, 1.82) is 0 Å². The molecule has 1 aromatic heterocycles. The van der Waals surface area contributed by atoms with Crippen molar-refractivity contribution in [2.45, 2.75) is 24.6 Å². The van der Waals surface area contributed by atoms with E-state index in [4.69, 9.17) is 9.84 Å². The molecule has 1 fully saturated rings. The summed E-state index contributed by atoms with van der Waals surface area (Å²) in [5.74, 6) is 0. The third kappa shape index (κ3) is 2.71. The third-order valence-corrected chi connectivity index (χ3v) is 3.35. The average Bonchev–Trinajstić information content (AvgIpc) is 2.70. The molecule has 0 saturated carbocycles. The largest absolute Gasteiger partial charge is 0.394 e. The Kier molecular flexibility index (Phi) is 4.73. The van der Waals surface area contributed by atoms with Crippen LogP contribution in [0.25, 0.3) is 6.08 Å². The Bertz CT molecular complexity index is 628. The van der Waals surface area contributed by atoms with E-state index >= 15 is 0 Å². The lowest BCUT2D eigenvalue weighted by molar-refractivity contribution is -0.0491. The van der Waals surface area contributed by atoms with Crippen molar-refractivity contribution >= 4 is 28.7 Å². The number of halogens is 2. The second-order valence-electron chi connectivity index (χ2n) is 4.23. The van der Waals surface area contributed by atoms with Gasteiger partial charge in [0.2, 0.25) is 0 Å². The predicted octanol–water partition coefficient (Wildman–Crippen LogP) is -0.469. The minimum atomic E-state index is -1.88. The fraction of sp³-hybridized carbons (Fsp3) is 0.455. The first-order valence-corrected chi connectivity index (χ1v) is 6.95. The van der Waals surface area contributed by atoms with E-state index in [1.54, 1.807) is 4.08 Å². The molecule has 7 nitrogen and oxygen atoms in total. The normalized spacial score (nSPS) is 30.2. The lowest BCUT2D eigenvalue weighted by Crippen LogP contribution is -2.36. The van der Waals surface area contributed by atoms with Gasteiger partial charge in [0.1, 0.15) is 12.2 Å². The van der Waals surface area contributed by atoms with Crippen LogP contribution in [0.15, 0.2) is 19.9 Å². The summed E-state index contributed by atoms with van der Waals surface area (Å²) in [6, 6.07) is 0. The van der Waals surface area contributed by atoms with Gasteiger partial charge in [0.25, 0.3) is 5.56 Å². The minimum absolute atomic E-state index is 0.150. The second-order valence-corrected chi connectivity index (χ2v) is 4.95. The number of hydrogen-bond acceptors (Lipinski definition) is 5. The minimum Gasteiger partial charge on any atom is -0.394 e. The molecule has 0 radical (unpaired) electrons. The van der Waals surface area contributed by atoms with Crippen LogP contribution in [-0.4, -0.2) is 44.8 Å². The summed E-state index contributed by atoms with van der Waals surface area (Å²) in [6.45, 7) is -0.573. The summed E-state index contributed by atoms with van der Waals surface area (Å²) < 4.78 is 21.5. The highest BCUT2D eigenvalue weighted by atomic mass is 127. The number of nitrogens with zero attached hydrogens (tertiary/aromatic N) is 1. The number of aliphatic hydroxyl groups excluding tert-OH is 2. The zero-order chi connectivity index (χ0) is 14.9. The van der Waals surface area contributed by atoms with Crippen LogP contribution in [0, 0.1) is 0 Å². The molecule has 20 heavy (non-hydrogen) atoms. The Hall–Kier alpha value is -1.04. The topological polar surface area (TPSA) is 105 Å². The van der Waals surface area contributed by atoms with E-state index in [0.29, 0.717) is 0 Å². The molecule has 3 N–H and O–H groups in total. The molecule has 110 valence electrons. The van der Waals surface area contributed by atoms with E-state index in [9.17, 15) is 19.1 Å². The van der Waals surface area contributed by atoms with Crippen molar-refractivity contribution in [2.24, 2.45) is 0 Å². The summed E-state index contributed by atoms with van der Waals surface area (Å²) in [5, 5.41) is 18.5. The number of hydrogen-bond donors (Lipinski definition) is 3. The van der Waals surface area contributed by atoms with Crippen molar-refractivity contribution in [3.63, 3.8) is 0 Å². The lowest BCUT2D eigenvalue weighted by atomic mass is 10.1. The second kappa shape index (κ2) is 6.16. The van der Waals surface area contributed by atoms with Crippen molar-refractivity contribution < 1.29 is 19.3 Å². The lowest BCUT2D eigenvalue weighted by Gasteiger charge is -2.16. The van der Waals surface area contributed by atoms with Crippen LogP contribution >= 0.6 is 22.6 Å². The van der Waals surface area contributed by atoms with Crippen LogP contribution < -0.4 is 11.2 Å². The van der Waals surface area contributed by atoms with Gasteiger partial charge in [0.05, 0.1) is 12.2 Å². The van der Waals surface area contributed by atoms with E-state index in [0.717, 1.165) is 10.8 Å². The number of aliphatic hydroxyl groups is 2. The maximum absolute atomic E-state index is 13.9. The van der Waals surface area contributed by atoms with Gasteiger partial charge in [0, 0.05) is 6.20 Å². The van der Waals surface area contributed by atoms with E-state index < -0.39 is 42.5 Å². The van der Waals surface area contributed by atoms with Gasteiger partial charge < -0.3 is 14.9 Å². The van der Waals surface area contributed by atoms with Crippen LogP contribution in [0.3, 0.4) is 0 Å². The molecule has 1 aliphatic heterocycles. The number of rotatable bonds is 3. The van der Waals surface area contributed by atoms with E-state index in [2.05, 4.69) is 0 Å². The van der Waals surface area contributed by atoms with Crippen LogP contribution in [-0.2, 0) is 4.74 Å². The molecule has 1 aromatic rings. The summed E-state index contributed by atoms with van der Waals surface area (Å²) >= 11 is 1.89. The maximum Gasteiger partial charge on any atom is 0.330 e. The van der Waals surface area contributed by atoms with Gasteiger partial charge in [-0.2, -0.15) is 0 Å². The fourth-order valence-electron chi connectivity index (χ4n) is 1.95. The highest BCUT2D eigenvalue weighted by Gasteiger charge is 2.45. The smallest absolute Gasteiger partial charge is 0.330 e. The molecule has 1 aliphatic rings. The Morgan fingerprint density at radius 1 is 1.55 bits per heavy atom. The molecular formula is C11H12FIN2O5. The fourth-order valence-corrected chi connectivity index (χ4v) is 2.34. The average molecular weight is 398 g/mol. The monoisotopic (exact) mass is 398 g/mol. The molecule has 0 aromatic carbocycles. The van der Waals surface area contributed by atoms with E-state index in [1.807, 2.05) is 27.6 Å². The summed E-state index contributed by atoms with van der Waals surface area (Å²) in [6.07, 6.45) is -3.33. The van der Waals surface area contributed by atoms with Crippen LogP contribution in [0.4, 0.5) is 4.39 Å². The number of H-pyrrole nitrogens is 1. The van der Waals surface area contributed by atoms with Gasteiger partial charge in [-0.05, 0) is 10.2 Å². The SMILES string of the molecule is O=c1[nH]c(=O)n(C2O[C@H](CO)[C@@H](O)[C@H]2F)cc1/C=C/I. The molecule has 9 heteroatoms. The van der Waals surface area contributed by atoms with Crippen LogP contribution in [0.2, 0.25) is 0 Å². The molecule has 0 amide bonds. The predicted molar refractivity (Wildman–Crippen MR) is 76.3 cm³/mol. The molecule has 1 saturated heterocycles. The molecule has 0 spiro atoms. The summed E-state index contributed by atoms with van der Waals surface area (Å²) in [7, 11) is 0. The Morgan fingerprint density at radius 3 is 2.80 bits per heavy atom. The highest BCUT2D eigenvalue weighted by Crippen LogP contribution is 2.30. The van der Waals surface area contributed by atoms with Gasteiger partial charge in [-0.15, -0.1) is 0 Å². The zero-order valence-corrected chi connectivity index (χ0v) is 12.2. The van der Waals surface area contributed by atoms with Gasteiger partial charge in [-0.25, -0.2) is 9.18 Å². The molecule has 4 atom stereocenters. The number of nitrogens with one attached hydrogen (secondary N) is 1. The quantitative estimate of drug-likeness (QED) is 0.598. The Labute approximate surface area is 125 Å². The van der Waals surface area contributed by atoms with E-state index in [-0.39, 0.29) is 5.56 Å². The number of aromatic nitrogens is 2. The highest BCUT2D eigenvalue weighted by molar-refractivity contribution is 14.1. The van der Waals surface area contributed by atoms with Crippen LogP contribution in [0.1, 0.15) is 11.8 Å². The number of aromatic amines is 1. The van der Waals surface area contributed by atoms with Crippen molar-refractivity contribution in [3.05, 3.63) is 36.7 Å². The van der Waals surface area contributed by atoms with Crippen LogP contribution in [0.5, 0.6) is 0 Å².